The number of carbonyl (C=O) groups is 2. The van der Waals surface area contributed by atoms with Crippen LogP contribution in [0, 0.1) is 20.8 Å². The minimum Gasteiger partial charge on any atom is -0.322 e. The molecule has 0 saturated heterocycles. The van der Waals surface area contributed by atoms with Crippen molar-refractivity contribution in [3.05, 3.63) is 87.7 Å². The van der Waals surface area contributed by atoms with E-state index in [4.69, 9.17) is 11.6 Å². The van der Waals surface area contributed by atoms with Crippen LogP contribution in [0.1, 0.15) is 37.5 Å². The van der Waals surface area contributed by atoms with Crippen LogP contribution in [0.25, 0.3) is 0 Å². The fourth-order valence-corrected chi connectivity index (χ4v) is 2.93. The Kier molecular flexibility index (Phi) is 5.76. The molecule has 2 aromatic carbocycles. The van der Waals surface area contributed by atoms with Crippen molar-refractivity contribution in [3.63, 3.8) is 0 Å². The third kappa shape index (κ3) is 4.56. The number of benzene rings is 2. The maximum absolute atomic E-state index is 12.6. The van der Waals surface area contributed by atoms with Crippen LogP contribution >= 0.6 is 11.6 Å². The molecular weight excluding hydrogens is 374 g/mol. The third-order valence-electron chi connectivity index (χ3n) is 4.33. The molecule has 1 heterocycles. The number of nitrogens with zero attached hydrogens (tertiary/aromatic N) is 1. The van der Waals surface area contributed by atoms with Crippen molar-refractivity contribution in [1.29, 1.82) is 0 Å². The van der Waals surface area contributed by atoms with Crippen LogP contribution in [0.15, 0.2) is 54.7 Å². The second-order valence-electron chi connectivity index (χ2n) is 6.62. The molecule has 0 fully saturated rings. The Morgan fingerprint density at radius 2 is 1.57 bits per heavy atom. The van der Waals surface area contributed by atoms with Gasteiger partial charge in [0.1, 0.15) is 5.69 Å². The van der Waals surface area contributed by atoms with E-state index >= 15 is 0 Å². The van der Waals surface area contributed by atoms with Crippen LogP contribution in [0.4, 0.5) is 11.4 Å². The van der Waals surface area contributed by atoms with Crippen LogP contribution in [-0.4, -0.2) is 16.8 Å². The number of halogens is 1. The van der Waals surface area contributed by atoms with Gasteiger partial charge in [-0.1, -0.05) is 35.4 Å². The molecule has 0 radical (unpaired) electrons. The Hall–Kier alpha value is -3.18. The maximum Gasteiger partial charge on any atom is 0.274 e. The molecule has 2 N–H and O–H groups in total. The Labute approximate surface area is 168 Å². The third-order valence-corrected chi connectivity index (χ3v) is 4.57. The summed E-state index contributed by atoms with van der Waals surface area (Å²) < 4.78 is 0. The Morgan fingerprint density at radius 1 is 0.821 bits per heavy atom. The first-order valence-corrected chi connectivity index (χ1v) is 9.13. The molecule has 0 aliphatic heterocycles. The lowest BCUT2D eigenvalue weighted by atomic mass is 10.1. The van der Waals surface area contributed by atoms with Gasteiger partial charge in [-0.05, 0) is 62.2 Å². The monoisotopic (exact) mass is 393 g/mol. The topological polar surface area (TPSA) is 71.1 Å². The Bertz CT molecular complexity index is 1060. The molecule has 0 aliphatic carbocycles. The number of rotatable bonds is 4. The molecule has 3 aromatic rings. The summed E-state index contributed by atoms with van der Waals surface area (Å²) in [5.41, 5.74) is 4.79. The number of anilines is 2. The van der Waals surface area contributed by atoms with Crippen LogP contribution in [-0.2, 0) is 0 Å². The minimum absolute atomic E-state index is 0.162. The predicted octanol–water partition coefficient (Wildman–Crippen LogP) is 5.16. The fraction of sp³-hybridized carbons (Fsp3) is 0.136. The summed E-state index contributed by atoms with van der Waals surface area (Å²) in [6.07, 6.45) is 1.44. The molecule has 5 nitrogen and oxygen atoms in total. The molecule has 0 bridgehead atoms. The van der Waals surface area contributed by atoms with Crippen LogP contribution < -0.4 is 10.6 Å². The van der Waals surface area contributed by atoms with Gasteiger partial charge < -0.3 is 10.6 Å². The Morgan fingerprint density at radius 3 is 2.32 bits per heavy atom. The zero-order chi connectivity index (χ0) is 20.3. The van der Waals surface area contributed by atoms with E-state index < -0.39 is 0 Å². The van der Waals surface area contributed by atoms with E-state index in [0.717, 1.165) is 16.7 Å². The summed E-state index contributed by atoms with van der Waals surface area (Å²) in [5, 5.41) is 6.18. The van der Waals surface area contributed by atoms with E-state index in [1.165, 1.54) is 12.3 Å². The van der Waals surface area contributed by atoms with Crippen LogP contribution in [0.3, 0.4) is 0 Å². The molecule has 2 amide bonds. The summed E-state index contributed by atoms with van der Waals surface area (Å²) in [6.45, 7) is 5.79. The number of aryl methyl sites for hydroxylation is 3. The SMILES string of the molecule is Cc1ccc(NC(=O)c2cc(C(=O)Nc3cc(Cl)ccc3C)ccn2)c(C)c1. The lowest BCUT2D eigenvalue weighted by molar-refractivity contribution is 0.102. The fourth-order valence-electron chi connectivity index (χ4n) is 2.76. The lowest BCUT2D eigenvalue weighted by Crippen LogP contribution is -2.17. The first kappa shape index (κ1) is 19.6. The van der Waals surface area contributed by atoms with Crippen molar-refractivity contribution in [2.75, 3.05) is 10.6 Å². The van der Waals surface area contributed by atoms with Gasteiger partial charge in [0.15, 0.2) is 0 Å². The first-order valence-electron chi connectivity index (χ1n) is 8.75. The molecular formula is C22H20ClN3O2. The molecule has 0 saturated carbocycles. The van der Waals surface area contributed by atoms with Gasteiger partial charge in [-0.2, -0.15) is 0 Å². The second kappa shape index (κ2) is 8.23. The van der Waals surface area contributed by atoms with Gasteiger partial charge in [-0.15, -0.1) is 0 Å². The van der Waals surface area contributed by atoms with Gasteiger partial charge in [-0.25, -0.2) is 0 Å². The highest BCUT2D eigenvalue weighted by Gasteiger charge is 2.14. The standard InChI is InChI=1S/C22H20ClN3O2/c1-13-4-7-18(15(3)10-13)25-22(28)20-11-16(8-9-24-20)21(27)26-19-12-17(23)6-5-14(19)2/h4-12H,1-3H3,(H,25,28)(H,26,27). The van der Waals surface area contributed by atoms with E-state index in [0.29, 0.717) is 22.0 Å². The highest BCUT2D eigenvalue weighted by atomic mass is 35.5. The molecule has 1 aromatic heterocycles. The molecule has 0 aliphatic rings. The number of aromatic nitrogens is 1. The summed E-state index contributed by atoms with van der Waals surface area (Å²) in [7, 11) is 0. The highest BCUT2D eigenvalue weighted by molar-refractivity contribution is 6.31. The number of carbonyl (C=O) groups excluding carboxylic acids is 2. The summed E-state index contributed by atoms with van der Waals surface area (Å²) in [5.74, 6) is -0.714. The van der Waals surface area contributed by atoms with Gasteiger partial charge in [-0.3, -0.25) is 14.6 Å². The molecule has 3 rings (SSSR count). The quantitative estimate of drug-likeness (QED) is 0.642. The van der Waals surface area contributed by atoms with E-state index in [1.54, 1.807) is 18.2 Å². The van der Waals surface area contributed by atoms with Gasteiger partial charge in [0, 0.05) is 28.2 Å². The molecule has 28 heavy (non-hydrogen) atoms. The van der Waals surface area contributed by atoms with E-state index in [1.807, 2.05) is 45.0 Å². The molecule has 142 valence electrons. The molecule has 0 spiro atoms. The number of pyridine rings is 1. The van der Waals surface area contributed by atoms with Crippen molar-refractivity contribution in [1.82, 2.24) is 4.98 Å². The summed E-state index contributed by atoms with van der Waals surface area (Å²) >= 11 is 6.00. The van der Waals surface area contributed by atoms with Crippen molar-refractivity contribution in [3.8, 4) is 0 Å². The Balaban J connectivity index is 1.78. The summed E-state index contributed by atoms with van der Waals surface area (Å²) in [4.78, 5) is 29.2. The molecule has 0 unspecified atom stereocenters. The highest BCUT2D eigenvalue weighted by Crippen LogP contribution is 2.21. The number of amides is 2. The van der Waals surface area contributed by atoms with Gasteiger partial charge >= 0.3 is 0 Å². The largest absolute Gasteiger partial charge is 0.322 e. The maximum atomic E-state index is 12.6. The van der Waals surface area contributed by atoms with E-state index in [-0.39, 0.29) is 17.5 Å². The van der Waals surface area contributed by atoms with Crippen LogP contribution in [0.5, 0.6) is 0 Å². The van der Waals surface area contributed by atoms with Crippen LogP contribution in [0.2, 0.25) is 5.02 Å². The van der Waals surface area contributed by atoms with Crippen molar-refractivity contribution < 1.29 is 9.59 Å². The first-order chi connectivity index (χ1) is 13.3. The van der Waals surface area contributed by atoms with Gasteiger partial charge in [0.2, 0.25) is 0 Å². The van der Waals surface area contributed by atoms with Gasteiger partial charge in [0.25, 0.3) is 11.8 Å². The minimum atomic E-state index is -0.375. The normalized spacial score (nSPS) is 10.4. The number of hydrogen-bond acceptors (Lipinski definition) is 3. The van der Waals surface area contributed by atoms with Gasteiger partial charge in [0.05, 0.1) is 0 Å². The zero-order valence-corrected chi connectivity index (χ0v) is 16.6. The number of hydrogen-bond donors (Lipinski definition) is 2. The molecule has 0 atom stereocenters. The van der Waals surface area contributed by atoms with E-state index in [9.17, 15) is 9.59 Å². The van der Waals surface area contributed by atoms with Crippen molar-refractivity contribution in [2.45, 2.75) is 20.8 Å². The lowest BCUT2D eigenvalue weighted by Gasteiger charge is -2.11. The van der Waals surface area contributed by atoms with Crippen molar-refractivity contribution in [2.24, 2.45) is 0 Å². The predicted molar refractivity (Wildman–Crippen MR) is 112 cm³/mol. The molecule has 6 heteroatoms. The average molecular weight is 394 g/mol. The number of nitrogens with one attached hydrogen (secondary N) is 2. The van der Waals surface area contributed by atoms with Crippen molar-refractivity contribution >= 4 is 34.8 Å². The zero-order valence-electron chi connectivity index (χ0n) is 15.8. The van der Waals surface area contributed by atoms with E-state index in [2.05, 4.69) is 15.6 Å². The summed E-state index contributed by atoms with van der Waals surface area (Å²) in [6, 6.07) is 14.1. The average Bonchev–Trinajstić information content (AvgIpc) is 2.67. The second-order valence-corrected chi connectivity index (χ2v) is 7.05. The smallest absolute Gasteiger partial charge is 0.274 e.